The minimum Gasteiger partial charge on any atom is -0.379 e. The number of ether oxygens (including phenoxy) is 2. The summed E-state index contributed by atoms with van der Waals surface area (Å²) in [5.41, 5.74) is 0. The van der Waals surface area contributed by atoms with Crippen LogP contribution in [0.4, 0.5) is 5.95 Å². The Balaban J connectivity index is 1.23. The SMILES string of the molecule is CCNC(=NCCCOCC1CCCO1)NCCCN1CCN(c2ncccn2)CC1. The van der Waals surface area contributed by atoms with Crippen molar-refractivity contribution in [2.75, 3.05) is 77.1 Å². The van der Waals surface area contributed by atoms with Crippen molar-refractivity contribution in [3.63, 3.8) is 0 Å². The molecule has 2 aliphatic rings. The maximum Gasteiger partial charge on any atom is 0.225 e. The van der Waals surface area contributed by atoms with Crippen LogP contribution < -0.4 is 15.5 Å². The Kier molecular flexibility index (Phi) is 10.8. The number of hydrogen-bond donors (Lipinski definition) is 2. The molecule has 2 aliphatic heterocycles. The summed E-state index contributed by atoms with van der Waals surface area (Å²) in [5, 5.41) is 6.78. The van der Waals surface area contributed by atoms with Gasteiger partial charge in [0.25, 0.3) is 0 Å². The molecule has 2 saturated heterocycles. The van der Waals surface area contributed by atoms with E-state index >= 15 is 0 Å². The topological polar surface area (TPSA) is 87.1 Å². The minimum absolute atomic E-state index is 0.303. The fourth-order valence-corrected chi connectivity index (χ4v) is 3.83. The third-order valence-corrected chi connectivity index (χ3v) is 5.54. The van der Waals surface area contributed by atoms with Crippen LogP contribution in [0.25, 0.3) is 0 Å². The zero-order valence-electron chi connectivity index (χ0n) is 19.0. The van der Waals surface area contributed by atoms with Crippen molar-refractivity contribution in [1.82, 2.24) is 25.5 Å². The number of guanidine groups is 1. The van der Waals surface area contributed by atoms with Gasteiger partial charge in [-0.2, -0.15) is 0 Å². The Morgan fingerprint density at radius 1 is 1.19 bits per heavy atom. The highest BCUT2D eigenvalue weighted by Crippen LogP contribution is 2.12. The van der Waals surface area contributed by atoms with Gasteiger partial charge in [0, 0.05) is 71.4 Å². The van der Waals surface area contributed by atoms with Gasteiger partial charge in [0.15, 0.2) is 5.96 Å². The molecule has 9 nitrogen and oxygen atoms in total. The van der Waals surface area contributed by atoms with Gasteiger partial charge in [-0.3, -0.25) is 9.89 Å². The molecule has 2 fully saturated rings. The highest BCUT2D eigenvalue weighted by molar-refractivity contribution is 5.79. The lowest BCUT2D eigenvalue weighted by atomic mass is 10.2. The van der Waals surface area contributed by atoms with Gasteiger partial charge in [-0.25, -0.2) is 9.97 Å². The van der Waals surface area contributed by atoms with Crippen molar-refractivity contribution in [2.24, 2.45) is 4.99 Å². The molecule has 0 aromatic carbocycles. The fourth-order valence-electron chi connectivity index (χ4n) is 3.83. The second-order valence-corrected chi connectivity index (χ2v) is 7.98. The number of aliphatic imine (C=N–C) groups is 1. The van der Waals surface area contributed by atoms with Gasteiger partial charge >= 0.3 is 0 Å². The largest absolute Gasteiger partial charge is 0.379 e. The lowest BCUT2D eigenvalue weighted by Crippen LogP contribution is -2.47. The summed E-state index contributed by atoms with van der Waals surface area (Å²) in [6, 6.07) is 1.86. The zero-order chi connectivity index (χ0) is 21.6. The Morgan fingerprint density at radius 3 is 2.77 bits per heavy atom. The molecule has 0 saturated carbocycles. The van der Waals surface area contributed by atoms with Gasteiger partial charge in [0.05, 0.1) is 12.7 Å². The monoisotopic (exact) mass is 433 g/mol. The van der Waals surface area contributed by atoms with E-state index in [1.54, 1.807) is 0 Å². The van der Waals surface area contributed by atoms with Crippen LogP contribution in [0.5, 0.6) is 0 Å². The van der Waals surface area contributed by atoms with Gasteiger partial charge < -0.3 is 25.0 Å². The minimum atomic E-state index is 0.303. The molecule has 1 unspecified atom stereocenters. The molecule has 2 N–H and O–H groups in total. The van der Waals surface area contributed by atoms with Crippen LogP contribution in [0.1, 0.15) is 32.6 Å². The smallest absolute Gasteiger partial charge is 0.225 e. The van der Waals surface area contributed by atoms with E-state index in [1.807, 2.05) is 18.5 Å². The molecule has 1 atom stereocenters. The van der Waals surface area contributed by atoms with E-state index in [-0.39, 0.29) is 0 Å². The number of nitrogens with zero attached hydrogens (tertiary/aromatic N) is 5. The van der Waals surface area contributed by atoms with Gasteiger partial charge in [-0.05, 0) is 45.2 Å². The second-order valence-electron chi connectivity index (χ2n) is 7.98. The molecule has 174 valence electrons. The summed E-state index contributed by atoms with van der Waals surface area (Å²) in [7, 11) is 0. The first-order chi connectivity index (χ1) is 15.3. The van der Waals surface area contributed by atoms with Gasteiger partial charge in [0.1, 0.15) is 0 Å². The first-order valence-corrected chi connectivity index (χ1v) is 11.8. The summed E-state index contributed by atoms with van der Waals surface area (Å²) in [5.74, 6) is 1.74. The van der Waals surface area contributed by atoms with E-state index in [9.17, 15) is 0 Å². The lowest BCUT2D eigenvalue weighted by molar-refractivity contribution is 0.0171. The summed E-state index contributed by atoms with van der Waals surface area (Å²) in [6.07, 6.45) is 8.23. The first-order valence-electron chi connectivity index (χ1n) is 11.8. The molecule has 0 bridgehead atoms. The quantitative estimate of drug-likeness (QED) is 0.288. The van der Waals surface area contributed by atoms with Crippen molar-refractivity contribution in [3.8, 4) is 0 Å². The average Bonchev–Trinajstić information content (AvgIpc) is 3.33. The van der Waals surface area contributed by atoms with Crippen LogP contribution >= 0.6 is 0 Å². The molecule has 1 aromatic rings. The van der Waals surface area contributed by atoms with Crippen molar-refractivity contribution in [2.45, 2.75) is 38.7 Å². The van der Waals surface area contributed by atoms with Crippen molar-refractivity contribution in [1.29, 1.82) is 0 Å². The van der Waals surface area contributed by atoms with Gasteiger partial charge in [-0.15, -0.1) is 0 Å². The van der Waals surface area contributed by atoms with Crippen LogP contribution in [-0.2, 0) is 9.47 Å². The van der Waals surface area contributed by atoms with E-state index < -0.39 is 0 Å². The summed E-state index contributed by atoms with van der Waals surface area (Å²) in [6.45, 7) is 12.2. The number of anilines is 1. The van der Waals surface area contributed by atoms with Crippen LogP contribution in [0.3, 0.4) is 0 Å². The van der Waals surface area contributed by atoms with E-state index in [1.165, 1.54) is 0 Å². The van der Waals surface area contributed by atoms with Crippen LogP contribution in [0.15, 0.2) is 23.5 Å². The van der Waals surface area contributed by atoms with Crippen molar-refractivity contribution >= 4 is 11.9 Å². The molecule has 0 aliphatic carbocycles. The number of aromatic nitrogens is 2. The molecule has 1 aromatic heterocycles. The van der Waals surface area contributed by atoms with Crippen molar-refractivity contribution in [3.05, 3.63) is 18.5 Å². The number of rotatable bonds is 12. The Morgan fingerprint density at radius 2 is 2.03 bits per heavy atom. The molecule has 3 heterocycles. The first kappa shape index (κ1) is 23.7. The Labute approximate surface area is 186 Å². The van der Waals surface area contributed by atoms with Gasteiger partial charge in [-0.1, -0.05) is 0 Å². The van der Waals surface area contributed by atoms with Crippen LogP contribution in [0.2, 0.25) is 0 Å². The second kappa shape index (κ2) is 14.2. The summed E-state index contributed by atoms with van der Waals surface area (Å²) < 4.78 is 11.3. The normalized spacial score (nSPS) is 20.2. The molecule has 0 amide bonds. The highest BCUT2D eigenvalue weighted by Gasteiger charge is 2.18. The molecular weight excluding hydrogens is 394 g/mol. The maximum absolute atomic E-state index is 5.71. The third kappa shape index (κ3) is 8.96. The Bertz CT molecular complexity index is 618. The Hall–Kier alpha value is -1.97. The average molecular weight is 434 g/mol. The van der Waals surface area contributed by atoms with Crippen LogP contribution in [-0.4, -0.2) is 99.1 Å². The number of hydrogen-bond acceptors (Lipinski definition) is 7. The number of nitrogens with one attached hydrogen (secondary N) is 2. The van der Waals surface area contributed by atoms with Crippen molar-refractivity contribution < 1.29 is 9.47 Å². The zero-order valence-corrected chi connectivity index (χ0v) is 19.0. The standard InChI is InChI=1S/C22H39N7O2/c1-2-23-21(25-11-6-17-30-19-20-7-3-18-31-20)24-10-5-12-28-13-15-29(16-14-28)22-26-8-4-9-27-22/h4,8-9,20H,2-3,5-7,10-19H2,1H3,(H2,23,24,25). The number of piperazine rings is 1. The lowest BCUT2D eigenvalue weighted by Gasteiger charge is -2.34. The predicted octanol–water partition coefficient (Wildman–Crippen LogP) is 1.13. The van der Waals surface area contributed by atoms with E-state index in [2.05, 4.69) is 42.3 Å². The predicted molar refractivity (Wildman–Crippen MR) is 124 cm³/mol. The van der Waals surface area contributed by atoms with Crippen LogP contribution in [0, 0.1) is 0 Å². The molecule has 31 heavy (non-hydrogen) atoms. The van der Waals surface area contributed by atoms with E-state index in [0.717, 1.165) is 103 Å². The molecular formula is C22H39N7O2. The molecule has 0 radical (unpaired) electrons. The van der Waals surface area contributed by atoms with E-state index in [4.69, 9.17) is 9.47 Å². The third-order valence-electron chi connectivity index (χ3n) is 5.54. The molecule has 9 heteroatoms. The highest BCUT2D eigenvalue weighted by atomic mass is 16.5. The molecule has 0 spiro atoms. The molecule has 3 rings (SSSR count). The van der Waals surface area contributed by atoms with Gasteiger partial charge in [0.2, 0.25) is 5.95 Å². The summed E-state index contributed by atoms with van der Waals surface area (Å²) >= 11 is 0. The maximum atomic E-state index is 5.71. The summed E-state index contributed by atoms with van der Waals surface area (Å²) in [4.78, 5) is 18.1. The fraction of sp³-hybridized carbons (Fsp3) is 0.773. The van der Waals surface area contributed by atoms with E-state index in [0.29, 0.717) is 12.7 Å².